The number of ether oxygens (including phenoxy) is 3. The average Bonchev–Trinajstić information content (AvgIpc) is 2.80. The van der Waals surface area contributed by atoms with Crippen LogP contribution in [0.25, 0.3) is 10.4 Å². The van der Waals surface area contributed by atoms with Gasteiger partial charge in [0.1, 0.15) is 17.2 Å². The summed E-state index contributed by atoms with van der Waals surface area (Å²) in [4.78, 5) is 27.4. The zero-order valence-electron chi connectivity index (χ0n) is 15.0. The van der Waals surface area contributed by atoms with Gasteiger partial charge in [-0.3, -0.25) is 0 Å². The van der Waals surface area contributed by atoms with E-state index < -0.39 is 41.3 Å². The van der Waals surface area contributed by atoms with Crippen molar-refractivity contribution in [1.29, 1.82) is 0 Å². The van der Waals surface area contributed by atoms with E-state index in [0.717, 1.165) is 0 Å². The molecule has 1 aliphatic heterocycles. The van der Waals surface area contributed by atoms with E-state index in [4.69, 9.17) is 19.7 Å². The standard InChI is InChI=1S/C15H26N4O5/c1-14(2,3)23-12(20)11(17-13(21)24-15(4,5)6)9-7-22-8-10(9)18-19-16/h9-11H,7-8H2,1-6H3,(H,17,21)/t9-,10+,11+/m1/s1. The Kier molecular flexibility index (Phi) is 6.45. The Morgan fingerprint density at radius 3 is 2.25 bits per heavy atom. The lowest BCUT2D eigenvalue weighted by atomic mass is 9.95. The number of rotatable bonds is 4. The third kappa shape index (κ3) is 6.64. The second-order valence-corrected chi connectivity index (χ2v) is 7.63. The van der Waals surface area contributed by atoms with E-state index >= 15 is 0 Å². The van der Waals surface area contributed by atoms with E-state index in [2.05, 4.69) is 15.3 Å². The monoisotopic (exact) mass is 342 g/mol. The van der Waals surface area contributed by atoms with E-state index in [1.54, 1.807) is 41.5 Å². The number of azide groups is 1. The molecule has 0 radical (unpaired) electrons. The zero-order valence-corrected chi connectivity index (χ0v) is 15.0. The third-order valence-electron chi connectivity index (χ3n) is 3.05. The molecular formula is C15H26N4O5. The van der Waals surface area contributed by atoms with Gasteiger partial charge in [0.15, 0.2) is 0 Å². The van der Waals surface area contributed by atoms with Crippen molar-refractivity contribution in [2.24, 2.45) is 11.0 Å². The highest BCUT2D eigenvalue weighted by molar-refractivity contribution is 5.82. The van der Waals surface area contributed by atoms with Crippen LogP contribution in [0.1, 0.15) is 41.5 Å². The molecule has 1 fully saturated rings. The molecule has 1 rings (SSSR count). The Morgan fingerprint density at radius 1 is 1.17 bits per heavy atom. The maximum atomic E-state index is 12.5. The number of amides is 1. The Labute approximate surface area is 141 Å². The minimum atomic E-state index is -1.03. The van der Waals surface area contributed by atoms with E-state index in [1.807, 2.05) is 0 Å². The second-order valence-electron chi connectivity index (χ2n) is 7.63. The molecule has 3 atom stereocenters. The van der Waals surface area contributed by atoms with Crippen LogP contribution in [0.5, 0.6) is 0 Å². The van der Waals surface area contributed by atoms with Gasteiger partial charge < -0.3 is 19.5 Å². The molecule has 1 aliphatic rings. The molecule has 0 saturated carbocycles. The van der Waals surface area contributed by atoms with Crippen molar-refractivity contribution < 1.29 is 23.8 Å². The molecule has 1 amide bonds. The Morgan fingerprint density at radius 2 is 1.75 bits per heavy atom. The number of esters is 1. The van der Waals surface area contributed by atoms with Gasteiger partial charge in [-0.05, 0) is 47.1 Å². The van der Waals surface area contributed by atoms with Gasteiger partial charge >= 0.3 is 12.1 Å². The largest absolute Gasteiger partial charge is 0.458 e. The number of alkyl carbamates (subject to hydrolysis) is 1. The van der Waals surface area contributed by atoms with Gasteiger partial charge in [0, 0.05) is 10.8 Å². The van der Waals surface area contributed by atoms with Crippen molar-refractivity contribution in [1.82, 2.24) is 5.32 Å². The minimum Gasteiger partial charge on any atom is -0.458 e. The van der Waals surface area contributed by atoms with E-state index in [0.29, 0.717) is 0 Å². The molecule has 1 heterocycles. The minimum absolute atomic E-state index is 0.170. The molecule has 0 aromatic rings. The van der Waals surface area contributed by atoms with Crippen LogP contribution in [0.15, 0.2) is 5.11 Å². The van der Waals surface area contributed by atoms with Crippen LogP contribution < -0.4 is 5.32 Å². The highest BCUT2D eigenvalue weighted by atomic mass is 16.6. The number of nitrogens with one attached hydrogen (secondary N) is 1. The van der Waals surface area contributed by atoms with Gasteiger partial charge in [0.2, 0.25) is 0 Å². The summed E-state index contributed by atoms with van der Waals surface area (Å²) in [5, 5.41) is 6.17. The average molecular weight is 342 g/mol. The van der Waals surface area contributed by atoms with Crippen molar-refractivity contribution in [3.63, 3.8) is 0 Å². The van der Waals surface area contributed by atoms with Crippen molar-refractivity contribution in [3.05, 3.63) is 10.4 Å². The van der Waals surface area contributed by atoms with Gasteiger partial charge in [0.25, 0.3) is 0 Å². The van der Waals surface area contributed by atoms with Crippen molar-refractivity contribution >= 4 is 12.1 Å². The zero-order chi connectivity index (χ0) is 18.5. The van der Waals surface area contributed by atoms with Crippen LogP contribution in [-0.2, 0) is 19.0 Å². The molecule has 136 valence electrons. The first-order valence-electron chi connectivity index (χ1n) is 7.77. The van der Waals surface area contributed by atoms with E-state index in [-0.39, 0.29) is 13.2 Å². The summed E-state index contributed by atoms with van der Waals surface area (Å²) >= 11 is 0. The molecule has 24 heavy (non-hydrogen) atoms. The normalized spacial score (nSPS) is 22.2. The molecule has 0 bridgehead atoms. The summed E-state index contributed by atoms with van der Waals surface area (Å²) in [5.41, 5.74) is 7.23. The third-order valence-corrected chi connectivity index (χ3v) is 3.05. The van der Waals surface area contributed by atoms with Crippen molar-refractivity contribution in [2.75, 3.05) is 13.2 Å². The van der Waals surface area contributed by atoms with Gasteiger partial charge in [-0.15, -0.1) is 0 Å². The van der Waals surface area contributed by atoms with E-state index in [9.17, 15) is 9.59 Å². The van der Waals surface area contributed by atoms with Crippen molar-refractivity contribution in [3.8, 4) is 0 Å². The molecule has 0 aliphatic carbocycles. The number of hydrogen-bond donors (Lipinski definition) is 1. The van der Waals surface area contributed by atoms with Gasteiger partial charge in [-0.2, -0.15) is 0 Å². The summed E-state index contributed by atoms with van der Waals surface area (Å²) in [5.74, 6) is -1.15. The van der Waals surface area contributed by atoms with Crippen LogP contribution in [0.4, 0.5) is 4.79 Å². The summed E-state index contributed by atoms with van der Waals surface area (Å²) in [7, 11) is 0. The van der Waals surface area contributed by atoms with Crippen LogP contribution in [0, 0.1) is 5.92 Å². The van der Waals surface area contributed by atoms with Gasteiger partial charge in [-0.1, -0.05) is 5.11 Å². The number of nitrogens with zero attached hydrogens (tertiary/aromatic N) is 3. The summed E-state index contributed by atoms with van der Waals surface area (Å²) in [6.07, 6.45) is -0.745. The molecule has 9 nitrogen and oxygen atoms in total. The van der Waals surface area contributed by atoms with Crippen LogP contribution in [0.2, 0.25) is 0 Å². The number of hydrogen-bond acceptors (Lipinski definition) is 6. The molecule has 0 spiro atoms. The number of carbonyl (C=O) groups excluding carboxylic acids is 2. The van der Waals surface area contributed by atoms with Gasteiger partial charge in [-0.25, -0.2) is 9.59 Å². The molecule has 0 aromatic carbocycles. The lowest BCUT2D eigenvalue weighted by Gasteiger charge is -2.29. The van der Waals surface area contributed by atoms with Crippen LogP contribution in [-0.4, -0.2) is 48.6 Å². The predicted molar refractivity (Wildman–Crippen MR) is 86.2 cm³/mol. The topological polar surface area (TPSA) is 123 Å². The first-order valence-corrected chi connectivity index (χ1v) is 7.77. The summed E-state index contributed by atoms with van der Waals surface area (Å²) in [6.45, 7) is 10.7. The lowest BCUT2D eigenvalue weighted by molar-refractivity contribution is -0.159. The fourth-order valence-corrected chi connectivity index (χ4v) is 2.20. The molecular weight excluding hydrogens is 316 g/mol. The van der Waals surface area contributed by atoms with Crippen LogP contribution in [0.3, 0.4) is 0 Å². The highest BCUT2D eigenvalue weighted by Gasteiger charge is 2.41. The predicted octanol–water partition coefficient (Wildman–Crippen LogP) is 2.55. The Bertz CT molecular complexity index is 517. The molecule has 1 saturated heterocycles. The summed E-state index contributed by atoms with van der Waals surface area (Å²) in [6, 6.07) is -1.60. The summed E-state index contributed by atoms with van der Waals surface area (Å²) < 4.78 is 15.9. The number of carbonyl (C=O) groups is 2. The fraction of sp³-hybridized carbons (Fsp3) is 0.867. The van der Waals surface area contributed by atoms with Crippen LogP contribution >= 0.6 is 0 Å². The fourth-order valence-electron chi connectivity index (χ4n) is 2.20. The first-order chi connectivity index (χ1) is 10.9. The molecule has 9 heteroatoms. The lowest BCUT2D eigenvalue weighted by Crippen LogP contribution is -2.52. The van der Waals surface area contributed by atoms with Crippen molar-refractivity contribution in [2.45, 2.75) is 64.8 Å². The molecule has 0 unspecified atom stereocenters. The van der Waals surface area contributed by atoms with Gasteiger partial charge in [0.05, 0.1) is 19.3 Å². The Balaban J connectivity index is 2.96. The maximum absolute atomic E-state index is 12.5. The Hall–Kier alpha value is -1.99. The SMILES string of the molecule is CC(C)(C)OC(=O)N[C@H](C(=O)OC(C)(C)C)[C@@H]1COC[C@@H]1N=[N+]=[N-]. The molecule has 0 aromatic heterocycles. The quantitative estimate of drug-likeness (QED) is 0.364. The first kappa shape index (κ1) is 20.1. The second kappa shape index (κ2) is 7.72. The maximum Gasteiger partial charge on any atom is 0.408 e. The molecule has 1 N–H and O–H groups in total. The highest BCUT2D eigenvalue weighted by Crippen LogP contribution is 2.24. The van der Waals surface area contributed by atoms with E-state index in [1.165, 1.54) is 0 Å². The smallest absolute Gasteiger partial charge is 0.408 e.